The number of halogens is 2. The van der Waals surface area contributed by atoms with E-state index < -0.39 is 6.61 Å². The van der Waals surface area contributed by atoms with Crippen LogP contribution in [0.5, 0.6) is 11.5 Å². The molecule has 0 bridgehead atoms. The maximum Gasteiger partial charge on any atom is 0.387 e. The molecule has 6 nitrogen and oxygen atoms in total. The third kappa shape index (κ3) is 4.64. The largest absolute Gasteiger partial charge is 0.493 e. The first-order valence-corrected chi connectivity index (χ1v) is 8.52. The van der Waals surface area contributed by atoms with Crippen molar-refractivity contribution in [2.45, 2.75) is 19.6 Å². The number of H-pyrrole nitrogens is 1. The van der Waals surface area contributed by atoms with Crippen molar-refractivity contribution in [3.63, 3.8) is 0 Å². The number of carbonyl (C=O) groups excluding carboxylic acids is 1. The van der Waals surface area contributed by atoms with Crippen LogP contribution >= 0.6 is 0 Å². The number of para-hydroxylation sites is 2. The number of methoxy groups -OCH3 is 1. The quantitative estimate of drug-likeness (QED) is 0.600. The normalized spacial score (nSPS) is 12.5. The van der Waals surface area contributed by atoms with Crippen LogP contribution in [0.4, 0.5) is 8.78 Å². The minimum absolute atomic E-state index is 0.0717. The number of rotatable bonds is 7. The number of nitrogens with zero attached hydrogens (tertiary/aromatic N) is 1. The Kier molecular flexibility index (Phi) is 5.88. The van der Waals surface area contributed by atoms with Crippen molar-refractivity contribution in [2.24, 2.45) is 0 Å². The first-order valence-electron chi connectivity index (χ1n) is 8.52. The number of imidazole rings is 1. The summed E-state index contributed by atoms with van der Waals surface area (Å²) in [4.78, 5) is 19.8. The lowest BCUT2D eigenvalue weighted by Gasteiger charge is -2.10. The number of hydrogen-bond acceptors (Lipinski definition) is 4. The molecular weight excluding hydrogens is 368 g/mol. The van der Waals surface area contributed by atoms with Gasteiger partial charge >= 0.3 is 6.61 Å². The van der Waals surface area contributed by atoms with Gasteiger partial charge in [0.15, 0.2) is 11.5 Å². The molecule has 0 fully saturated rings. The Morgan fingerprint density at radius 2 is 2.00 bits per heavy atom. The number of hydrogen-bond donors (Lipinski definition) is 2. The van der Waals surface area contributed by atoms with E-state index in [2.05, 4.69) is 20.0 Å². The number of amides is 1. The van der Waals surface area contributed by atoms with Gasteiger partial charge in [-0.05, 0) is 42.8 Å². The Morgan fingerprint density at radius 3 is 2.71 bits per heavy atom. The molecule has 0 aliphatic rings. The highest BCUT2D eigenvalue weighted by Crippen LogP contribution is 2.29. The van der Waals surface area contributed by atoms with E-state index in [-0.39, 0.29) is 23.4 Å². The topological polar surface area (TPSA) is 76.2 Å². The van der Waals surface area contributed by atoms with Gasteiger partial charge in [0.25, 0.3) is 0 Å². The predicted octanol–water partition coefficient (Wildman–Crippen LogP) is 4.06. The molecule has 0 aliphatic carbocycles. The van der Waals surface area contributed by atoms with Gasteiger partial charge in [0, 0.05) is 6.08 Å². The molecule has 28 heavy (non-hydrogen) atoms. The van der Waals surface area contributed by atoms with Crippen LogP contribution in [-0.2, 0) is 4.79 Å². The Hall–Kier alpha value is -3.42. The molecule has 0 saturated carbocycles. The number of aromatic amines is 1. The Labute approximate surface area is 160 Å². The lowest BCUT2D eigenvalue weighted by molar-refractivity contribution is -0.117. The van der Waals surface area contributed by atoms with E-state index in [4.69, 9.17) is 4.74 Å². The molecule has 1 aromatic heterocycles. The van der Waals surface area contributed by atoms with Crippen molar-refractivity contribution in [1.29, 1.82) is 0 Å². The molecular formula is C20H19F2N3O3. The van der Waals surface area contributed by atoms with E-state index >= 15 is 0 Å². The summed E-state index contributed by atoms with van der Waals surface area (Å²) < 4.78 is 34.1. The molecule has 3 rings (SSSR count). The Morgan fingerprint density at radius 1 is 1.21 bits per heavy atom. The maximum absolute atomic E-state index is 12.4. The number of benzene rings is 2. The van der Waals surface area contributed by atoms with Crippen molar-refractivity contribution >= 4 is 23.0 Å². The third-order valence-electron chi connectivity index (χ3n) is 4.01. The molecule has 1 unspecified atom stereocenters. The van der Waals surface area contributed by atoms with E-state index in [1.54, 1.807) is 12.1 Å². The standard InChI is InChI=1S/C20H19F2N3O3/c1-12(19-24-14-5-3-4-6-15(14)25-19)23-18(26)10-8-13-7-9-16(28-20(21)22)17(11-13)27-2/h3-12,20H,1-2H3,(H,23,26)(H,24,25)/b10-8+. The lowest BCUT2D eigenvalue weighted by Crippen LogP contribution is -2.25. The summed E-state index contributed by atoms with van der Waals surface area (Å²) in [6.07, 6.45) is 2.90. The number of carbonyl (C=O) groups is 1. The molecule has 2 N–H and O–H groups in total. The van der Waals surface area contributed by atoms with Crippen molar-refractivity contribution in [3.8, 4) is 11.5 Å². The molecule has 146 valence electrons. The minimum atomic E-state index is -2.94. The van der Waals surface area contributed by atoms with Crippen LogP contribution in [0.25, 0.3) is 17.1 Å². The Balaban J connectivity index is 1.65. The highest BCUT2D eigenvalue weighted by atomic mass is 19.3. The molecule has 1 atom stereocenters. The summed E-state index contributed by atoms with van der Waals surface area (Å²) in [5.74, 6) is 0.411. The third-order valence-corrected chi connectivity index (χ3v) is 4.01. The fraction of sp³-hybridized carbons (Fsp3) is 0.200. The number of fused-ring (bicyclic) bond motifs is 1. The van der Waals surface area contributed by atoms with Crippen LogP contribution in [0.2, 0.25) is 0 Å². The smallest absolute Gasteiger partial charge is 0.387 e. The predicted molar refractivity (Wildman–Crippen MR) is 101 cm³/mol. The average Bonchev–Trinajstić information content (AvgIpc) is 3.11. The van der Waals surface area contributed by atoms with E-state index in [1.165, 1.54) is 25.3 Å². The van der Waals surface area contributed by atoms with Gasteiger partial charge in [-0.2, -0.15) is 8.78 Å². The zero-order valence-corrected chi connectivity index (χ0v) is 15.3. The molecule has 3 aromatic rings. The highest BCUT2D eigenvalue weighted by Gasteiger charge is 2.13. The number of alkyl halides is 2. The summed E-state index contributed by atoms with van der Waals surface area (Å²) in [5.41, 5.74) is 2.32. The summed E-state index contributed by atoms with van der Waals surface area (Å²) in [6, 6.07) is 11.7. The SMILES string of the molecule is COc1cc(/C=C/C(=O)NC(C)c2nc3ccccc3[nH]2)ccc1OC(F)F. The fourth-order valence-corrected chi connectivity index (χ4v) is 2.66. The van der Waals surface area contributed by atoms with Crippen LogP contribution in [0.15, 0.2) is 48.5 Å². The monoisotopic (exact) mass is 387 g/mol. The number of aromatic nitrogens is 2. The van der Waals surface area contributed by atoms with Gasteiger partial charge in [-0.1, -0.05) is 18.2 Å². The summed E-state index contributed by atoms with van der Waals surface area (Å²) >= 11 is 0. The second-order valence-electron chi connectivity index (χ2n) is 5.99. The number of nitrogens with one attached hydrogen (secondary N) is 2. The van der Waals surface area contributed by atoms with E-state index in [9.17, 15) is 13.6 Å². The summed E-state index contributed by atoms with van der Waals surface area (Å²) in [5, 5.41) is 2.82. The molecule has 0 aliphatic heterocycles. The van der Waals surface area contributed by atoms with Gasteiger partial charge in [0.2, 0.25) is 5.91 Å². The maximum atomic E-state index is 12.4. The Bertz CT molecular complexity index is 968. The zero-order chi connectivity index (χ0) is 20.1. The molecule has 1 heterocycles. The molecule has 0 spiro atoms. The highest BCUT2D eigenvalue weighted by molar-refractivity contribution is 5.92. The first-order chi connectivity index (χ1) is 13.5. The molecule has 0 radical (unpaired) electrons. The van der Waals surface area contributed by atoms with Gasteiger partial charge < -0.3 is 19.8 Å². The van der Waals surface area contributed by atoms with Crippen molar-refractivity contribution in [3.05, 3.63) is 59.9 Å². The zero-order valence-electron chi connectivity index (χ0n) is 15.3. The second kappa shape index (κ2) is 8.51. The van der Waals surface area contributed by atoms with Gasteiger partial charge in [-0.25, -0.2) is 4.98 Å². The molecule has 1 amide bonds. The second-order valence-corrected chi connectivity index (χ2v) is 5.99. The lowest BCUT2D eigenvalue weighted by atomic mass is 10.2. The van der Waals surface area contributed by atoms with Crippen molar-refractivity contribution in [1.82, 2.24) is 15.3 Å². The average molecular weight is 387 g/mol. The van der Waals surface area contributed by atoms with E-state index in [0.717, 1.165) is 11.0 Å². The van der Waals surface area contributed by atoms with Crippen LogP contribution in [0, 0.1) is 0 Å². The van der Waals surface area contributed by atoms with Gasteiger partial charge in [-0.3, -0.25) is 4.79 Å². The minimum Gasteiger partial charge on any atom is -0.493 e. The van der Waals surface area contributed by atoms with Crippen LogP contribution in [-0.4, -0.2) is 29.6 Å². The summed E-state index contributed by atoms with van der Waals surface area (Å²) in [6.45, 7) is -1.12. The molecule has 0 saturated heterocycles. The molecule has 2 aromatic carbocycles. The van der Waals surface area contributed by atoms with Crippen molar-refractivity contribution < 1.29 is 23.0 Å². The first kappa shape index (κ1) is 19.3. The van der Waals surface area contributed by atoms with E-state index in [0.29, 0.717) is 11.4 Å². The fourth-order valence-electron chi connectivity index (χ4n) is 2.66. The van der Waals surface area contributed by atoms with E-state index in [1.807, 2.05) is 31.2 Å². The van der Waals surface area contributed by atoms with Gasteiger partial charge in [0.1, 0.15) is 5.82 Å². The van der Waals surface area contributed by atoms with Gasteiger partial charge in [0.05, 0.1) is 24.2 Å². The van der Waals surface area contributed by atoms with Crippen LogP contribution in [0.1, 0.15) is 24.4 Å². The van der Waals surface area contributed by atoms with Crippen LogP contribution < -0.4 is 14.8 Å². The van der Waals surface area contributed by atoms with Crippen LogP contribution in [0.3, 0.4) is 0 Å². The summed E-state index contributed by atoms with van der Waals surface area (Å²) in [7, 11) is 1.35. The number of ether oxygens (including phenoxy) is 2. The molecule has 8 heteroatoms. The van der Waals surface area contributed by atoms with Crippen molar-refractivity contribution in [2.75, 3.05) is 7.11 Å². The van der Waals surface area contributed by atoms with Gasteiger partial charge in [-0.15, -0.1) is 0 Å².